The second-order valence-electron chi connectivity index (χ2n) is 7.81. The summed E-state index contributed by atoms with van der Waals surface area (Å²) in [7, 11) is 0. The summed E-state index contributed by atoms with van der Waals surface area (Å²) in [4.78, 5) is 16.8. The molecule has 1 fully saturated rings. The number of aliphatic hydroxyl groups excluding tert-OH is 1. The molecule has 2 heterocycles. The van der Waals surface area contributed by atoms with Crippen molar-refractivity contribution in [3.05, 3.63) is 71.3 Å². The Morgan fingerprint density at radius 3 is 2.63 bits per heavy atom. The van der Waals surface area contributed by atoms with E-state index in [1.165, 1.54) is 16.7 Å². The van der Waals surface area contributed by atoms with Crippen LogP contribution in [0.15, 0.2) is 54.6 Å². The summed E-state index contributed by atoms with van der Waals surface area (Å²) >= 11 is 1.90. The Morgan fingerprint density at radius 1 is 1.10 bits per heavy atom. The number of carbonyl (C=O) groups excluding carboxylic acids is 1. The molecule has 0 aliphatic carbocycles. The minimum absolute atomic E-state index is 0. The van der Waals surface area contributed by atoms with Crippen LogP contribution in [0.4, 0.5) is 4.79 Å². The molecule has 2 aliphatic rings. The van der Waals surface area contributed by atoms with Gasteiger partial charge < -0.3 is 15.3 Å². The first kappa shape index (κ1) is 23.0. The second-order valence-corrected chi connectivity index (χ2v) is 9.12. The highest BCUT2D eigenvalue weighted by molar-refractivity contribution is 7.99. The normalized spacial score (nSPS) is 20.0. The first-order valence-corrected chi connectivity index (χ1v) is 11.4. The highest BCUT2D eigenvalue weighted by Gasteiger charge is 2.26. The Bertz CT molecular complexity index is 821. The average molecular weight is 446 g/mol. The predicted octanol–water partition coefficient (Wildman–Crippen LogP) is 3.02. The number of aliphatic hydroxyl groups is 1. The van der Waals surface area contributed by atoms with Crippen LogP contribution >= 0.6 is 25.3 Å². The van der Waals surface area contributed by atoms with Crippen LogP contribution in [0, 0.1) is 0 Å². The van der Waals surface area contributed by atoms with Crippen LogP contribution in [0.3, 0.4) is 0 Å². The van der Waals surface area contributed by atoms with Crippen LogP contribution in [-0.2, 0) is 13.0 Å². The number of thioether (sulfide) groups is 1. The molecule has 2 atom stereocenters. The third-order valence-corrected chi connectivity index (χ3v) is 6.93. The van der Waals surface area contributed by atoms with E-state index in [-0.39, 0.29) is 26.1 Å². The van der Waals surface area contributed by atoms with Gasteiger partial charge in [-0.2, -0.15) is 25.3 Å². The topological polar surface area (TPSA) is 55.8 Å². The fraction of sp³-hybridized carbons (Fsp3) is 0.435. The van der Waals surface area contributed by atoms with Gasteiger partial charge >= 0.3 is 6.03 Å². The lowest BCUT2D eigenvalue weighted by Crippen LogP contribution is -2.48. The van der Waals surface area contributed by atoms with Gasteiger partial charge in [0.2, 0.25) is 0 Å². The Morgan fingerprint density at radius 2 is 1.83 bits per heavy atom. The van der Waals surface area contributed by atoms with E-state index >= 15 is 0 Å². The summed E-state index contributed by atoms with van der Waals surface area (Å²) in [5.41, 5.74) is 4.01. The number of rotatable bonds is 5. The fourth-order valence-corrected chi connectivity index (χ4v) is 5.34. The van der Waals surface area contributed by atoms with Crippen molar-refractivity contribution in [3.63, 3.8) is 0 Å². The van der Waals surface area contributed by atoms with Gasteiger partial charge in [0, 0.05) is 50.3 Å². The lowest BCUT2D eigenvalue weighted by molar-refractivity contribution is 0.103. The third-order valence-electron chi connectivity index (χ3n) is 5.69. The molecule has 4 rings (SSSR count). The van der Waals surface area contributed by atoms with Crippen molar-refractivity contribution in [1.82, 2.24) is 15.1 Å². The molecule has 0 radical (unpaired) electrons. The van der Waals surface area contributed by atoms with Gasteiger partial charge in [-0.3, -0.25) is 4.90 Å². The first-order chi connectivity index (χ1) is 14.2. The van der Waals surface area contributed by atoms with E-state index in [1.807, 2.05) is 34.9 Å². The average Bonchev–Trinajstić information content (AvgIpc) is 2.78. The smallest absolute Gasteiger partial charge is 0.317 e. The molecule has 1 saturated heterocycles. The van der Waals surface area contributed by atoms with Crippen molar-refractivity contribution in [3.8, 4) is 0 Å². The van der Waals surface area contributed by atoms with Crippen molar-refractivity contribution in [1.29, 1.82) is 0 Å². The van der Waals surface area contributed by atoms with E-state index in [1.54, 1.807) is 0 Å². The number of β-amino-alcohol motifs (C(OH)–C–C–N with tert-alkyl or cyclic N) is 1. The van der Waals surface area contributed by atoms with Gasteiger partial charge in [-0.1, -0.05) is 54.6 Å². The molecule has 2 aromatic rings. The maximum absolute atomic E-state index is 12.6. The van der Waals surface area contributed by atoms with Crippen LogP contribution in [0.1, 0.15) is 21.9 Å². The van der Waals surface area contributed by atoms with Crippen LogP contribution in [0.5, 0.6) is 0 Å². The minimum atomic E-state index is -0.562. The molecule has 1 unspecified atom stereocenters. The van der Waals surface area contributed by atoms with Crippen molar-refractivity contribution in [2.45, 2.75) is 24.3 Å². The van der Waals surface area contributed by atoms with Crippen LogP contribution < -0.4 is 5.32 Å². The molecule has 0 saturated carbocycles. The highest BCUT2D eigenvalue weighted by atomic mass is 32.2. The Balaban J connectivity index is 0.00000256. The number of amides is 2. The van der Waals surface area contributed by atoms with E-state index in [9.17, 15) is 9.90 Å². The largest absolute Gasteiger partial charge is 0.390 e. The molecule has 2 aromatic carbocycles. The zero-order valence-corrected chi connectivity index (χ0v) is 19.0. The van der Waals surface area contributed by atoms with Crippen LogP contribution in [-0.4, -0.2) is 65.5 Å². The van der Waals surface area contributed by atoms with Crippen molar-refractivity contribution in [2.75, 3.05) is 38.5 Å². The summed E-state index contributed by atoms with van der Waals surface area (Å²) in [6.45, 7) is 4.14. The summed E-state index contributed by atoms with van der Waals surface area (Å²) < 4.78 is 0. The summed E-state index contributed by atoms with van der Waals surface area (Å²) in [6, 6.07) is 18.8. The molecular formula is C23H31N3O2S2. The number of urea groups is 1. The second kappa shape index (κ2) is 11.1. The number of benzene rings is 2. The Kier molecular flexibility index (Phi) is 8.50. The Hall–Kier alpha value is -1.67. The van der Waals surface area contributed by atoms with Gasteiger partial charge in [-0.25, -0.2) is 4.79 Å². The van der Waals surface area contributed by atoms with E-state index in [0.29, 0.717) is 18.3 Å². The van der Waals surface area contributed by atoms with Crippen LogP contribution in [0.2, 0.25) is 0 Å². The molecular weight excluding hydrogens is 414 g/mol. The molecule has 162 valence electrons. The van der Waals surface area contributed by atoms with Crippen molar-refractivity contribution in [2.24, 2.45) is 0 Å². The van der Waals surface area contributed by atoms with Crippen molar-refractivity contribution >= 4 is 31.3 Å². The molecule has 0 spiro atoms. The highest BCUT2D eigenvalue weighted by Crippen LogP contribution is 2.32. The molecule has 5 nitrogen and oxygen atoms in total. The number of hydrogen-bond acceptors (Lipinski definition) is 4. The molecule has 2 aliphatic heterocycles. The van der Waals surface area contributed by atoms with Crippen molar-refractivity contribution < 1.29 is 9.90 Å². The first-order valence-electron chi connectivity index (χ1n) is 10.4. The monoisotopic (exact) mass is 445 g/mol. The lowest BCUT2D eigenvalue weighted by Gasteiger charge is -2.33. The maximum atomic E-state index is 12.6. The summed E-state index contributed by atoms with van der Waals surface area (Å²) in [5.74, 6) is 0.933. The van der Waals surface area contributed by atoms with E-state index in [0.717, 1.165) is 31.8 Å². The van der Waals surface area contributed by atoms with Crippen LogP contribution in [0.25, 0.3) is 0 Å². The van der Waals surface area contributed by atoms with Gasteiger partial charge in [0.15, 0.2) is 0 Å². The van der Waals surface area contributed by atoms with Gasteiger partial charge in [-0.05, 0) is 23.1 Å². The number of nitrogens with one attached hydrogen (secondary N) is 1. The van der Waals surface area contributed by atoms with E-state index in [2.05, 4.69) is 46.6 Å². The number of fused-ring (bicyclic) bond motifs is 1. The molecule has 2 N–H and O–H groups in total. The quantitative estimate of drug-likeness (QED) is 0.743. The standard InChI is InChI=1S/C23H29N3O2S.H2S/c27-21(16-25-11-10-18-6-4-5-9-20(18)15-25)14-24-23(28)26-12-13-29-22(17-26)19-7-2-1-3-8-19;/h1-9,21-22,27H,10-17H2,(H,24,28);1H2/t21-,22?;/m0./s1. The van der Waals surface area contributed by atoms with Gasteiger partial charge in [0.05, 0.1) is 6.10 Å². The van der Waals surface area contributed by atoms with Gasteiger partial charge in [0.25, 0.3) is 0 Å². The minimum Gasteiger partial charge on any atom is -0.390 e. The summed E-state index contributed by atoms with van der Waals surface area (Å²) in [5, 5.41) is 13.7. The zero-order chi connectivity index (χ0) is 20.1. The van der Waals surface area contributed by atoms with E-state index in [4.69, 9.17) is 0 Å². The number of nitrogens with zero attached hydrogens (tertiary/aromatic N) is 2. The number of carbonyl (C=O) groups is 1. The molecule has 2 amide bonds. The number of hydrogen-bond donors (Lipinski definition) is 2. The van der Waals surface area contributed by atoms with Gasteiger partial charge in [-0.15, -0.1) is 0 Å². The third kappa shape index (κ3) is 5.94. The van der Waals surface area contributed by atoms with E-state index < -0.39 is 6.10 Å². The molecule has 0 aromatic heterocycles. The maximum Gasteiger partial charge on any atom is 0.317 e. The molecule has 7 heteroatoms. The summed E-state index contributed by atoms with van der Waals surface area (Å²) in [6.07, 6.45) is 0.454. The molecule has 0 bridgehead atoms. The SMILES string of the molecule is O=C(NC[C@H](O)CN1CCc2ccccc2C1)N1CCSC(c2ccccc2)C1.S. The Labute approximate surface area is 190 Å². The zero-order valence-electron chi connectivity index (χ0n) is 17.2. The van der Waals surface area contributed by atoms with Gasteiger partial charge in [0.1, 0.15) is 0 Å². The predicted molar refractivity (Wildman–Crippen MR) is 128 cm³/mol. The lowest BCUT2D eigenvalue weighted by atomic mass is 10.00. The fourth-order valence-electron chi connectivity index (χ4n) is 4.09. The molecule has 30 heavy (non-hydrogen) atoms.